The number of carbonyl (C=O) groups excluding carboxylic acids is 1. The number of para-hydroxylation sites is 1. The van der Waals surface area contributed by atoms with Crippen LogP contribution in [0.3, 0.4) is 0 Å². The first-order valence-electron chi connectivity index (χ1n) is 6.96. The van der Waals surface area contributed by atoms with Crippen LogP contribution in [0, 0.1) is 19.8 Å². The van der Waals surface area contributed by atoms with Crippen molar-refractivity contribution in [2.45, 2.75) is 40.2 Å². The van der Waals surface area contributed by atoms with Gasteiger partial charge in [0.05, 0.1) is 5.54 Å². The minimum atomic E-state index is -0.501. The Morgan fingerprint density at radius 1 is 1.26 bits per heavy atom. The molecule has 1 N–H and O–H groups in total. The molecule has 1 amide bonds. The smallest absolute Gasteiger partial charge is 0.246 e. The molecule has 104 valence electrons. The topological polar surface area (TPSA) is 32.3 Å². The fourth-order valence-corrected chi connectivity index (χ4v) is 2.73. The van der Waals surface area contributed by atoms with E-state index in [1.54, 1.807) is 0 Å². The summed E-state index contributed by atoms with van der Waals surface area (Å²) in [6, 6.07) is 6.19. The number of carbonyl (C=O) groups is 1. The van der Waals surface area contributed by atoms with E-state index < -0.39 is 5.54 Å². The Morgan fingerprint density at radius 2 is 1.84 bits per heavy atom. The van der Waals surface area contributed by atoms with E-state index in [1.807, 2.05) is 24.8 Å². The highest BCUT2D eigenvalue weighted by molar-refractivity contribution is 6.01. The average Bonchev–Trinajstić information content (AvgIpc) is 2.42. The van der Waals surface area contributed by atoms with Crippen LogP contribution in [0.5, 0.6) is 0 Å². The van der Waals surface area contributed by atoms with E-state index in [2.05, 4.69) is 38.2 Å². The maximum atomic E-state index is 12.8. The van der Waals surface area contributed by atoms with Crippen molar-refractivity contribution >= 4 is 11.6 Å². The van der Waals surface area contributed by atoms with Gasteiger partial charge in [-0.2, -0.15) is 0 Å². The van der Waals surface area contributed by atoms with Gasteiger partial charge < -0.3 is 10.2 Å². The largest absolute Gasteiger partial charge is 0.310 e. The van der Waals surface area contributed by atoms with Gasteiger partial charge in [0, 0.05) is 18.8 Å². The van der Waals surface area contributed by atoms with Gasteiger partial charge in [0.25, 0.3) is 0 Å². The van der Waals surface area contributed by atoms with Crippen LogP contribution >= 0.6 is 0 Å². The summed E-state index contributed by atoms with van der Waals surface area (Å²) in [5.74, 6) is 0.610. The molecule has 1 aliphatic rings. The Hall–Kier alpha value is -1.35. The molecule has 3 heteroatoms. The molecule has 1 fully saturated rings. The van der Waals surface area contributed by atoms with E-state index in [4.69, 9.17) is 0 Å². The molecule has 1 aromatic carbocycles. The van der Waals surface area contributed by atoms with Crippen LogP contribution in [0.2, 0.25) is 0 Å². The second-order valence-corrected chi connectivity index (χ2v) is 6.27. The molecule has 0 saturated carbocycles. The van der Waals surface area contributed by atoms with Crippen molar-refractivity contribution in [2.75, 3.05) is 18.0 Å². The summed E-state index contributed by atoms with van der Waals surface area (Å²) in [6.45, 7) is 11.9. The highest BCUT2D eigenvalue weighted by Gasteiger charge is 2.36. The molecule has 1 unspecified atom stereocenters. The summed E-state index contributed by atoms with van der Waals surface area (Å²) in [5.41, 5.74) is 2.91. The molecule has 1 saturated heterocycles. The molecule has 1 heterocycles. The van der Waals surface area contributed by atoms with Gasteiger partial charge in [0.2, 0.25) is 5.91 Å². The van der Waals surface area contributed by atoms with E-state index in [-0.39, 0.29) is 5.91 Å². The zero-order valence-corrected chi connectivity index (χ0v) is 12.6. The van der Waals surface area contributed by atoms with Crippen molar-refractivity contribution in [3.05, 3.63) is 29.3 Å². The molecule has 0 radical (unpaired) electrons. The second kappa shape index (κ2) is 4.97. The number of nitrogens with one attached hydrogen (secondary N) is 1. The summed E-state index contributed by atoms with van der Waals surface area (Å²) in [4.78, 5) is 14.7. The molecular formula is C16H24N2O. The summed E-state index contributed by atoms with van der Waals surface area (Å²) >= 11 is 0. The first kappa shape index (κ1) is 14.1. The fraction of sp³-hybridized carbons (Fsp3) is 0.562. The monoisotopic (exact) mass is 260 g/mol. The lowest BCUT2D eigenvalue weighted by Gasteiger charge is -2.31. The first-order valence-corrected chi connectivity index (χ1v) is 6.96. The summed E-state index contributed by atoms with van der Waals surface area (Å²) in [6.07, 6.45) is 0. The standard InChI is InChI=1S/C16H24N2O/c1-11-9-17-16(4,5)15(19)18(10-11)14-12(2)7-6-8-13(14)3/h6-8,11,17H,9-10H2,1-5H3. The number of anilines is 1. The minimum absolute atomic E-state index is 0.161. The lowest BCUT2D eigenvalue weighted by molar-refractivity contribution is -0.123. The number of nitrogens with zero attached hydrogens (tertiary/aromatic N) is 1. The van der Waals surface area contributed by atoms with Gasteiger partial charge in [-0.05, 0) is 44.7 Å². The predicted octanol–water partition coefficient (Wildman–Crippen LogP) is 2.65. The molecule has 3 nitrogen and oxygen atoms in total. The average molecular weight is 260 g/mol. The molecule has 1 aromatic rings. The maximum absolute atomic E-state index is 12.8. The lowest BCUT2D eigenvalue weighted by atomic mass is 10.0. The fourth-order valence-electron chi connectivity index (χ4n) is 2.73. The lowest BCUT2D eigenvalue weighted by Crippen LogP contribution is -2.52. The van der Waals surface area contributed by atoms with Crippen molar-refractivity contribution in [2.24, 2.45) is 5.92 Å². The van der Waals surface area contributed by atoms with Crippen LogP contribution in [0.15, 0.2) is 18.2 Å². The number of hydrogen-bond acceptors (Lipinski definition) is 2. The van der Waals surface area contributed by atoms with Crippen LogP contribution in [-0.4, -0.2) is 24.5 Å². The Kier molecular flexibility index (Phi) is 3.68. The first-order chi connectivity index (χ1) is 8.83. The van der Waals surface area contributed by atoms with Crippen LogP contribution in [0.25, 0.3) is 0 Å². The third kappa shape index (κ3) is 2.66. The van der Waals surface area contributed by atoms with Crippen LogP contribution < -0.4 is 10.2 Å². The van der Waals surface area contributed by atoms with E-state index in [0.29, 0.717) is 5.92 Å². The van der Waals surface area contributed by atoms with Crippen molar-refractivity contribution in [3.63, 3.8) is 0 Å². The van der Waals surface area contributed by atoms with Crippen molar-refractivity contribution in [1.29, 1.82) is 0 Å². The number of amides is 1. The van der Waals surface area contributed by atoms with Gasteiger partial charge in [-0.1, -0.05) is 25.1 Å². The summed E-state index contributed by atoms with van der Waals surface area (Å²) in [5, 5.41) is 3.37. The Labute approximate surface area is 116 Å². The highest BCUT2D eigenvalue weighted by atomic mass is 16.2. The summed E-state index contributed by atoms with van der Waals surface area (Å²) < 4.78 is 0. The van der Waals surface area contributed by atoms with Gasteiger partial charge in [-0.25, -0.2) is 0 Å². The zero-order chi connectivity index (χ0) is 14.2. The second-order valence-electron chi connectivity index (χ2n) is 6.27. The Balaban J connectivity index is 2.49. The quantitative estimate of drug-likeness (QED) is 0.842. The molecule has 0 aromatic heterocycles. The van der Waals surface area contributed by atoms with Crippen LogP contribution in [0.1, 0.15) is 31.9 Å². The molecule has 0 aliphatic carbocycles. The van der Waals surface area contributed by atoms with Crippen molar-refractivity contribution in [3.8, 4) is 0 Å². The van der Waals surface area contributed by atoms with Gasteiger partial charge in [0.15, 0.2) is 0 Å². The van der Waals surface area contributed by atoms with E-state index in [9.17, 15) is 4.79 Å². The number of aryl methyl sites for hydroxylation is 2. The van der Waals surface area contributed by atoms with Crippen molar-refractivity contribution in [1.82, 2.24) is 5.32 Å². The molecule has 1 aliphatic heterocycles. The molecular weight excluding hydrogens is 236 g/mol. The van der Waals surface area contributed by atoms with Crippen molar-refractivity contribution < 1.29 is 4.79 Å². The number of benzene rings is 1. The third-order valence-corrected chi connectivity index (χ3v) is 3.88. The van der Waals surface area contributed by atoms with Crippen LogP contribution in [0.4, 0.5) is 5.69 Å². The van der Waals surface area contributed by atoms with Gasteiger partial charge in [0.1, 0.15) is 0 Å². The van der Waals surface area contributed by atoms with E-state index in [0.717, 1.165) is 18.8 Å². The Morgan fingerprint density at radius 3 is 2.42 bits per heavy atom. The van der Waals surface area contributed by atoms with E-state index in [1.165, 1.54) is 11.1 Å². The van der Waals surface area contributed by atoms with Gasteiger partial charge >= 0.3 is 0 Å². The highest BCUT2D eigenvalue weighted by Crippen LogP contribution is 2.29. The molecule has 0 bridgehead atoms. The molecule has 2 rings (SSSR count). The molecule has 1 atom stereocenters. The zero-order valence-electron chi connectivity index (χ0n) is 12.6. The van der Waals surface area contributed by atoms with E-state index >= 15 is 0 Å². The van der Waals surface area contributed by atoms with Gasteiger partial charge in [-0.3, -0.25) is 4.79 Å². The normalized spacial score (nSPS) is 23.3. The summed E-state index contributed by atoms with van der Waals surface area (Å²) in [7, 11) is 0. The number of rotatable bonds is 1. The number of hydrogen-bond donors (Lipinski definition) is 1. The maximum Gasteiger partial charge on any atom is 0.246 e. The molecule has 0 spiro atoms. The minimum Gasteiger partial charge on any atom is -0.310 e. The van der Waals surface area contributed by atoms with Crippen LogP contribution in [-0.2, 0) is 4.79 Å². The third-order valence-electron chi connectivity index (χ3n) is 3.88. The predicted molar refractivity (Wildman–Crippen MR) is 79.5 cm³/mol. The Bertz CT molecular complexity index is 473. The SMILES string of the molecule is Cc1cccc(C)c1N1CC(C)CNC(C)(C)C1=O. The molecule has 19 heavy (non-hydrogen) atoms. The van der Waals surface area contributed by atoms with Gasteiger partial charge in [-0.15, -0.1) is 0 Å².